The third-order valence-electron chi connectivity index (χ3n) is 1.89. The lowest BCUT2D eigenvalue weighted by atomic mass is 10.1. The van der Waals surface area contributed by atoms with Crippen LogP contribution in [0.3, 0.4) is 0 Å². The minimum Gasteiger partial charge on any atom is -0.456 e. The highest BCUT2D eigenvalue weighted by Crippen LogP contribution is 2.33. The first kappa shape index (κ1) is 16.6. The molecule has 19 heavy (non-hydrogen) atoms. The molecule has 0 radical (unpaired) electrons. The van der Waals surface area contributed by atoms with Crippen LogP contribution in [0.1, 0.15) is 31.1 Å². The Morgan fingerprint density at radius 3 is 2.16 bits per heavy atom. The standard InChI is InChI=1S/C11H11Cl3O4S/c1-11(2,3)18-10(15)6-4-7(12)9(13)8(5-6)19(14,16)17/h4-5H,1-3H3. The monoisotopic (exact) mass is 344 g/mol. The van der Waals surface area contributed by atoms with Crippen molar-refractivity contribution in [1.29, 1.82) is 0 Å². The van der Waals surface area contributed by atoms with E-state index < -0.39 is 25.5 Å². The molecule has 0 aromatic heterocycles. The molecule has 106 valence electrons. The second-order valence-corrected chi connectivity index (χ2v) is 8.03. The fourth-order valence-corrected chi connectivity index (χ4v) is 2.96. The molecule has 1 aromatic carbocycles. The Labute approximate surface area is 126 Å². The van der Waals surface area contributed by atoms with Crippen LogP contribution in [0.5, 0.6) is 0 Å². The third kappa shape index (κ3) is 4.53. The fourth-order valence-electron chi connectivity index (χ4n) is 1.20. The van der Waals surface area contributed by atoms with Crippen LogP contribution in [0.2, 0.25) is 10.0 Å². The molecule has 1 aromatic rings. The number of hydrogen-bond donors (Lipinski definition) is 0. The Balaban J connectivity index is 3.33. The maximum absolute atomic E-state index is 11.8. The molecule has 0 amide bonds. The van der Waals surface area contributed by atoms with Gasteiger partial charge in [-0.25, -0.2) is 13.2 Å². The first-order valence-corrected chi connectivity index (χ1v) is 8.15. The van der Waals surface area contributed by atoms with E-state index in [1.54, 1.807) is 20.8 Å². The van der Waals surface area contributed by atoms with E-state index in [0.717, 1.165) is 6.07 Å². The Hall–Kier alpha value is -0.490. The summed E-state index contributed by atoms with van der Waals surface area (Å²) in [6.07, 6.45) is 0. The number of esters is 1. The SMILES string of the molecule is CC(C)(C)OC(=O)c1cc(Cl)c(Cl)c(S(=O)(=O)Cl)c1. The zero-order valence-electron chi connectivity index (χ0n) is 10.3. The van der Waals surface area contributed by atoms with Gasteiger partial charge in [0.25, 0.3) is 9.05 Å². The molecule has 0 atom stereocenters. The summed E-state index contributed by atoms with van der Waals surface area (Å²) in [7, 11) is 1.11. The molecule has 4 nitrogen and oxygen atoms in total. The van der Waals surface area contributed by atoms with E-state index in [-0.39, 0.29) is 15.6 Å². The van der Waals surface area contributed by atoms with Crippen molar-refractivity contribution in [2.24, 2.45) is 0 Å². The lowest BCUT2D eigenvalue weighted by Crippen LogP contribution is -2.24. The van der Waals surface area contributed by atoms with Gasteiger partial charge in [-0.05, 0) is 32.9 Å². The zero-order valence-corrected chi connectivity index (χ0v) is 13.4. The fraction of sp³-hybridized carbons (Fsp3) is 0.364. The molecule has 0 unspecified atom stereocenters. The Bertz CT molecular complexity index is 618. The van der Waals surface area contributed by atoms with Crippen molar-refractivity contribution in [3.8, 4) is 0 Å². The summed E-state index contributed by atoms with van der Waals surface area (Å²) >= 11 is 11.5. The molecular weight excluding hydrogens is 335 g/mol. The first-order chi connectivity index (χ1) is 8.42. The lowest BCUT2D eigenvalue weighted by Gasteiger charge is -2.19. The average Bonchev–Trinajstić information content (AvgIpc) is 2.17. The van der Waals surface area contributed by atoms with Crippen LogP contribution >= 0.6 is 33.9 Å². The van der Waals surface area contributed by atoms with Gasteiger partial charge >= 0.3 is 5.97 Å². The van der Waals surface area contributed by atoms with E-state index in [9.17, 15) is 13.2 Å². The van der Waals surface area contributed by atoms with E-state index in [2.05, 4.69) is 0 Å². The van der Waals surface area contributed by atoms with Crippen LogP contribution < -0.4 is 0 Å². The smallest absolute Gasteiger partial charge is 0.338 e. The molecule has 8 heteroatoms. The van der Waals surface area contributed by atoms with Crippen molar-refractivity contribution in [2.45, 2.75) is 31.3 Å². The topological polar surface area (TPSA) is 60.4 Å². The van der Waals surface area contributed by atoms with Gasteiger partial charge in [0.15, 0.2) is 0 Å². The summed E-state index contributed by atoms with van der Waals surface area (Å²) in [5, 5.41) is -0.326. The molecule has 0 spiro atoms. The van der Waals surface area contributed by atoms with Gasteiger partial charge in [-0.3, -0.25) is 0 Å². The minimum absolute atomic E-state index is 0.0384. The number of halogens is 3. The summed E-state index contributed by atoms with van der Waals surface area (Å²) in [5.41, 5.74) is -0.757. The van der Waals surface area contributed by atoms with Crippen molar-refractivity contribution < 1.29 is 17.9 Å². The van der Waals surface area contributed by atoms with Crippen LogP contribution in [0.4, 0.5) is 0 Å². The van der Waals surface area contributed by atoms with Gasteiger partial charge in [-0.15, -0.1) is 0 Å². The number of carbonyl (C=O) groups excluding carboxylic acids is 1. The highest BCUT2D eigenvalue weighted by Gasteiger charge is 2.23. The second-order valence-electron chi connectivity index (χ2n) is 4.71. The minimum atomic E-state index is -4.11. The Kier molecular flexibility index (Phi) is 4.78. The highest BCUT2D eigenvalue weighted by atomic mass is 35.7. The van der Waals surface area contributed by atoms with Crippen molar-refractivity contribution >= 4 is 48.9 Å². The molecule has 0 heterocycles. The molecule has 1 rings (SSSR count). The van der Waals surface area contributed by atoms with E-state index >= 15 is 0 Å². The Morgan fingerprint density at radius 2 is 1.74 bits per heavy atom. The summed E-state index contributed by atoms with van der Waals surface area (Å²) in [4.78, 5) is 11.4. The van der Waals surface area contributed by atoms with Crippen molar-refractivity contribution in [3.05, 3.63) is 27.7 Å². The predicted molar refractivity (Wildman–Crippen MR) is 74.7 cm³/mol. The molecular formula is C11H11Cl3O4S. The quantitative estimate of drug-likeness (QED) is 0.603. The molecule has 0 saturated carbocycles. The van der Waals surface area contributed by atoms with E-state index in [4.69, 9.17) is 38.6 Å². The summed E-state index contributed by atoms with van der Waals surface area (Å²) in [5.74, 6) is -0.715. The second kappa shape index (κ2) is 5.48. The summed E-state index contributed by atoms with van der Waals surface area (Å²) < 4.78 is 27.8. The van der Waals surface area contributed by atoms with Crippen molar-refractivity contribution in [2.75, 3.05) is 0 Å². The number of hydrogen-bond acceptors (Lipinski definition) is 4. The molecule has 0 bridgehead atoms. The van der Waals surface area contributed by atoms with E-state index in [1.807, 2.05) is 0 Å². The third-order valence-corrected chi connectivity index (χ3v) is 4.15. The molecule has 0 aliphatic rings. The molecule has 0 saturated heterocycles. The molecule has 0 N–H and O–H groups in total. The largest absolute Gasteiger partial charge is 0.456 e. The van der Waals surface area contributed by atoms with Gasteiger partial charge in [0, 0.05) is 10.7 Å². The van der Waals surface area contributed by atoms with Crippen LogP contribution in [0.15, 0.2) is 17.0 Å². The number of rotatable bonds is 2. The lowest BCUT2D eigenvalue weighted by molar-refractivity contribution is 0.00693. The van der Waals surface area contributed by atoms with Crippen LogP contribution in [0, 0.1) is 0 Å². The van der Waals surface area contributed by atoms with Crippen LogP contribution in [0.25, 0.3) is 0 Å². The number of ether oxygens (including phenoxy) is 1. The highest BCUT2D eigenvalue weighted by molar-refractivity contribution is 8.13. The van der Waals surface area contributed by atoms with E-state index in [0.29, 0.717) is 0 Å². The van der Waals surface area contributed by atoms with Gasteiger partial charge < -0.3 is 4.74 Å². The van der Waals surface area contributed by atoms with Gasteiger partial charge in [-0.2, -0.15) is 0 Å². The van der Waals surface area contributed by atoms with E-state index in [1.165, 1.54) is 6.07 Å². The van der Waals surface area contributed by atoms with Crippen molar-refractivity contribution in [3.63, 3.8) is 0 Å². The average molecular weight is 346 g/mol. The normalized spacial score (nSPS) is 12.3. The number of benzene rings is 1. The molecule has 0 aliphatic carbocycles. The molecule has 0 fully saturated rings. The van der Waals surface area contributed by atoms with Gasteiger partial charge in [0.2, 0.25) is 0 Å². The maximum Gasteiger partial charge on any atom is 0.338 e. The molecule has 0 aliphatic heterocycles. The van der Waals surface area contributed by atoms with Crippen molar-refractivity contribution in [1.82, 2.24) is 0 Å². The van der Waals surface area contributed by atoms with Gasteiger partial charge in [0.1, 0.15) is 10.5 Å². The maximum atomic E-state index is 11.8. The first-order valence-electron chi connectivity index (χ1n) is 5.09. The van der Waals surface area contributed by atoms with Crippen LogP contribution in [-0.2, 0) is 13.8 Å². The zero-order chi connectivity index (χ0) is 15.0. The Morgan fingerprint density at radius 1 is 1.21 bits per heavy atom. The number of carbonyl (C=O) groups is 1. The summed E-state index contributed by atoms with van der Waals surface area (Å²) in [6.45, 7) is 5.05. The van der Waals surface area contributed by atoms with Crippen LogP contribution in [-0.4, -0.2) is 20.0 Å². The predicted octanol–water partition coefficient (Wildman–Crippen LogP) is 3.88. The van der Waals surface area contributed by atoms with Gasteiger partial charge in [-0.1, -0.05) is 23.2 Å². The summed E-state index contributed by atoms with van der Waals surface area (Å²) in [6, 6.07) is 2.26. The van der Waals surface area contributed by atoms with Gasteiger partial charge in [0.05, 0.1) is 15.6 Å².